The van der Waals surface area contributed by atoms with Crippen LogP contribution in [0.15, 0.2) is 0 Å². The fraction of sp³-hybridized carbons (Fsp3) is 1.00. The molecule has 0 amide bonds. The molecular weight excluding hydrogens is 166 g/mol. The first kappa shape index (κ1) is 12.9. The molecule has 0 aliphatic rings. The van der Waals surface area contributed by atoms with Crippen molar-refractivity contribution in [3.8, 4) is 0 Å². The van der Waals surface area contributed by atoms with Gasteiger partial charge in [0.1, 0.15) is 0 Å². The summed E-state index contributed by atoms with van der Waals surface area (Å²) in [6.07, 6.45) is 3.17. The van der Waals surface area contributed by atoms with Crippen LogP contribution in [-0.4, -0.2) is 31.0 Å². The number of rotatable bonds is 8. The van der Waals surface area contributed by atoms with Crippen LogP contribution < -0.4 is 5.73 Å². The van der Waals surface area contributed by atoms with Gasteiger partial charge in [0.05, 0.1) is 6.61 Å². The summed E-state index contributed by atoms with van der Waals surface area (Å²) in [5.41, 5.74) is 5.52. The molecule has 0 rings (SSSR count). The van der Waals surface area contributed by atoms with E-state index in [0.717, 1.165) is 13.0 Å². The largest absolute Gasteiger partial charge is 0.395 e. The average molecular weight is 189 g/mol. The Kier molecular flexibility index (Phi) is 8.40. The molecule has 0 aliphatic heterocycles. The summed E-state index contributed by atoms with van der Waals surface area (Å²) < 4.78 is 5.43. The number of hydrogen-bond acceptors (Lipinski definition) is 3. The lowest BCUT2D eigenvalue weighted by Crippen LogP contribution is -2.26. The summed E-state index contributed by atoms with van der Waals surface area (Å²) >= 11 is 0. The Bertz CT molecular complexity index is 109. The van der Waals surface area contributed by atoms with Crippen molar-refractivity contribution in [2.24, 2.45) is 11.7 Å². The van der Waals surface area contributed by atoms with Crippen molar-refractivity contribution in [1.29, 1.82) is 0 Å². The Morgan fingerprint density at radius 3 is 2.62 bits per heavy atom. The minimum Gasteiger partial charge on any atom is -0.395 e. The van der Waals surface area contributed by atoms with Crippen molar-refractivity contribution in [3.63, 3.8) is 0 Å². The van der Waals surface area contributed by atoms with E-state index >= 15 is 0 Å². The third kappa shape index (κ3) is 8.22. The summed E-state index contributed by atoms with van der Waals surface area (Å²) in [4.78, 5) is 0. The Labute approximate surface area is 81.3 Å². The second kappa shape index (κ2) is 8.48. The predicted octanol–water partition coefficient (Wildman–Crippen LogP) is 1.15. The predicted molar refractivity (Wildman–Crippen MR) is 54.6 cm³/mol. The molecule has 0 radical (unpaired) electrons. The molecule has 0 aromatic heterocycles. The average Bonchev–Trinajstić information content (AvgIpc) is 2.12. The third-order valence-electron chi connectivity index (χ3n) is 2.05. The normalized spacial score (nSPS) is 15.7. The van der Waals surface area contributed by atoms with Crippen molar-refractivity contribution >= 4 is 0 Å². The van der Waals surface area contributed by atoms with E-state index in [2.05, 4.69) is 13.8 Å². The maximum Gasteiger partial charge on any atom is 0.0583 e. The van der Waals surface area contributed by atoms with Crippen LogP contribution in [0.1, 0.15) is 33.1 Å². The lowest BCUT2D eigenvalue weighted by atomic mass is 10.1. The van der Waals surface area contributed by atoms with Gasteiger partial charge in [-0.1, -0.05) is 20.3 Å². The smallest absolute Gasteiger partial charge is 0.0583 e. The van der Waals surface area contributed by atoms with E-state index < -0.39 is 0 Å². The van der Waals surface area contributed by atoms with Crippen LogP contribution in [0.3, 0.4) is 0 Å². The van der Waals surface area contributed by atoms with Gasteiger partial charge in [-0.05, 0) is 18.8 Å². The summed E-state index contributed by atoms with van der Waals surface area (Å²) in [6, 6.07) is -0.124. The molecule has 3 nitrogen and oxygen atoms in total. The second-order valence-electron chi connectivity index (χ2n) is 3.70. The highest BCUT2D eigenvalue weighted by Crippen LogP contribution is 2.05. The number of aliphatic hydroxyl groups is 1. The summed E-state index contributed by atoms with van der Waals surface area (Å²) in [5, 5.41) is 8.65. The van der Waals surface area contributed by atoms with Crippen LogP contribution in [0, 0.1) is 5.92 Å². The van der Waals surface area contributed by atoms with Crippen LogP contribution in [0.4, 0.5) is 0 Å². The first-order chi connectivity index (χ1) is 6.20. The molecular formula is C10H23NO2. The highest BCUT2D eigenvalue weighted by Gasteiger charge is 2.02. The van der Waals surface area contributed by atoms with E-state index in [9.17, 15) is 0 Å². The molecule has 0 saturated carbocycles. The van der Waals surface area contributed by atoms with Gasteiger partial charge < -0.3 is 15.6 Å². The lowest BCUT2D eigenvalue weighted by molar-refractivity contribution is 0.0912. The maximum absolute atomic E-state index is 8.65. The molecule has 2 unspecified atom stereocenters. The Hall–Kier alpha value is -0.120. The first-order valence-corrected chi connectivity index (χ1v) is 5.14. The SMILES string of the molecule is CCCC(C)COCCC(N)CO. The second-order valence-corrected chi connectivity index (χ2v) is 3.70. The quantitative estimate of drug-likeness (QED) is 0.563. The van der Waals surface area contributed by atoms with Crippen molar-refractivity contribution in [2.75, 3.05) is 19.8 Å². The zero-order valence-electron chi connectivity index (χ0n) is 8.83. The van der Waals surface area contributed by atoms with Gasteiger partial charge in [0, 0.05) is 19.3 Å². The maximum atomic E-state index is 8.65. The summed E-state index contributed by atoms with van der Waals surface area (Å²) in [5.74, 6) is 0.635. The van der Waals surface area contributed by atoms with Gasteiger partial charge in [0.2, 0.25) is 0 Å². The highest BCUT2D eigenvalue weighted by atomic mass is 16.5. The van der Waals surface area contributed by atoms with Crippen molar-refractivity contribution in [3.05, 3.63) is 0 Å². The minimum absolute atomic E-state index is 0.0495. The molecule has 0 spiro atoms. The molecule has 13 heavy (non-hydrogen) atoms. The summed E-state index contributed by atoms with van der Waals surface area (Å²) in [7, 11) is 0. The van der Waals surface area contributed by atoms with Crippen LogP contribution in [-0.2, 0) is 4.74 Å². The number of nitrogens with two attached hydrogens (primary N) is 1. The molecule has 0 fully saturated rings. The number of ether oxygens (including phenoxy) is 1. The molecule has 2 atom stereocenters. The third-order valence-corrected chi connectivity index (χ3v) is 2.05. The monoisotopic (exact) mass is 189 g/mol. The Morgan fingerprint density at radius 1 is 1.38 bits per heavy atom. The zero-order chi connectivity index (χ0) is 10.1. The van der Waals surface area contributed by atoms with Gasteiger partial charge in [0.25, 0.3) is 0 Å². The molecule has 0 aliphatic carbocycles. The van der Waals surface area contributed by atoms with Crippen molar-refractivity contribution in [2.45, 2.75) is 39.2 Å². The zero-order valence-corrected chi connectivity index (χ0v) is 8.83. The van der Waals surface area contributed by atoms with Crippen LogP contribution >= 0.6 is 0 Å². The summed E-state index contributed by atoms with van der Waals surface area (Å²) in [6.45, 7) is 5.89. The van der Waals surface area contributed by atoms with Gasteiger partial charge in [-0.3, -0.25) is 0 Å². The van der Waals surface area contributed by atoms with Crippen LogP contribution in [0.5, 0.6) is 0 Å². The van der Waals surface area contributed by atoms with Crippen LogP contribution in [0.2, 0.25) is 0 Å². The minimum atomic E-state index is -0.124. The topological polar surface area (TPSA) is 55.5 Å². The molecule has 0 saturated heterocycles. The van der Waals surface area contributed by atoms with E-state index in [1.807, 2.05) is 0 Å². The number of hydrogen-bond donors (Lipinski definition) is 2. The van der Waals surface area contributed by atoms with Gasteiger partial charge in [0.15, 0.2) is 0 Å². The molecule has 0 aromatic carbocycles. The molecule has 0 bridgehead atoms. The molecule has 3 heteroatoms. The van der Waals surface area contributed by atoms with Crippen LogP contribution in [0.25, 0.3) is 0 Å². The molecule has 3 N–H and O–H groups in total. The molecule has 0 heterocycles. The van der Waals surface area contributed by atoms with Crippen molar-refractivity contribution < 1.29 is 9.84 Å². The molecule has 0 aromatic rings. The van der Waals surface area contributed by atoms with E-state index in [-0.39, 0.29) is 12.6 Å². The van der Waals surface area contributed by atoms with E-state index in [1.165, 1.54) is 12.8 Å². The number of aliphatic hydroxyl groups excluding tert-OH is 1. The van der Waals surface area contributed by atoms with E-state index in [1.54, 1.807) is 0 Å². The van der Waals surface area contributed by atoms with E-state index in [4.69, 9.17) is 15.6 Å². The highest BCUT2D eigenvalue weighted by molar-refractivity contribution is 4.57. The first-order valence-electron chi connectivity index (χ1n) is 5.14. The van der Waals surface area contributed by atoms with Gasteiger partial charge in [-0.25, -0.2) is 0 Å². The van der Waals surface area contributed by atoms with Gasteiger partial charge >= 0.3 is 0 Å². The van der Waals surface area contributed by atoms with Crippen molar-refractivity contribution in [1.82, 2.24) is 0 Å². The standard InChI is InChI=1S/C10H23NO2/c1-3-4-9(2)8-13-6-5-10(11)7-12/h9-10,12H,3-8,11H2,1-2H3. The van der Waals surface area contributed by atoms with Gasteiger partial charge in [-0.15, -0.1) is 0 Å². The lowest BCUT2D eigenvalue weighted by Gasteiger charge is -2.12. The fourth-order valence-electron chi connectivity index (χ4n) is 1.19. The molecule has 80 valence electrons. The van der Waals surface area contributed by atoms with Gasteiger partial charge in [-0.2, -0.15) is 0 Å². The Balaban J connectivity index is 3.15. The fourth-order valence-corrected chi connectivity index (χ4v) is 1.19. The van der Waals surface area contributed by atoms with E-state index in [0.29, 0.717) is 12.5 Å². The Morgan fingerprint density at radius 2 is 2.08 bits per heavy atom.